The van der Waals surface area contributed by atoms with Crippen LogP contribution in [0.4, 0.5) is 0 Å². The highest BCUT2D eigenvalue weighted by Gasteiger charge is 2.44. The Morgan fingerprint density at radius 3 is 2.81 bits per heavy atom. The topological polar surface area (TPSA) is 20.2 Å². The van der Waals surface area contributed by atoms with Crippen molar-refractivity contribution in [1.29, 1.82) is 0 Å². The van der Waals surface area contributed by atoms with Gasteiger partial charge in [0, 0.05) is 5.92 Å². The summed E-state index contributed by atoms with van der Waals surface area (Å²) in [4.78, 5) is 0. The summed E-state index contributed by atoms with van der Waals surface area (Å²) in [5.74, 6) is 1.44. The monoisotopic (exact) mass is 220 g/mol. The van der Waals surface area contributed by atoms with Gasteiger partial charge in [0.15, 0.2) is 0 Å². The molecule has 1 fully saturated rings. The minimum Gasteiger partial charge on any atom is -0.390 e. The van der Waals surface area contributed by atoms with Crippen LogP contribution in [0.2, 0.25) is 0 Å². The molecule has 1 nitrogen and oxygen atoms in total. The van der Waals surface area contributed by atoms with Gasteiger partial charge >= 0.3 is 0 Å². The summed E-state index contributed by atoms with van der Waals surface area (Å²) in [6, 6.07) is 0. The second-order valence-corrected chi connectivity index (χ2v) is 6.04. The summed E-state index contributed by atoms with van der Waals surface area (Å²) in [7, 11) is 0. The molecule has 0 amide bonds. The first kappa shape index (κ1) is 11.9. The van der Waals surface area contributed by atoms with E-state index >= 15 is 0 Å². The van der Waals surface area contributed by atoms with Crippen LogP contribution >= 0.6 is 0 Å². The fourth-order valence-corrected chi connectivity index (χ4v) is 3.24. The molecule has 2 rings (SSSR count). The average Bonchev–Trinajstić information content (AvgIpc) is 2.49. The SMILES string of the molecule is C=C1CC[C@H](C)/C(C)=C\[C@H]2[C@H]1CC[C@]2(C)O. The van der Waals surface area contributed by atoms with Gasteiger partial charge in [0.25, 0.3) is 0 Å². The smallest absolute Gasteiger partial charge is 0.0688 e. The normalized spacial score (nSPS) is 47.9. The van der Waals surface area contributed by atoms with Gasteiger partial charge in [0.2, 0.25) is 0 Å². The van der Waals surface area contributed by atoms with Crippen LogP contribution in [0.15, 0.2) is 23.8 Å². The predicted molar refractivity (Wildman–Crippen MR) is 68.1 cm³/mol. The molecule has 0 aromatic heterocycles. The van der Waals surface area contributed by atoms with Gasteiger partial charge in [-0.25, -0.2) is 0 Å². The quantitative estimate of drug-likeness (QED) is 0.617. The number of allylic oxidation sites excluding steroid dienone is 2. The predicted octanol–water partition coefficient (Wildman–Crippen LogP) is 3.70. The first-order valence-electron chi connectivity index (χ1n) is 6.50. The van der Waals surface area contributed by atoms with Crippen molar-refractivity contribution in [2.24, 2.45) is 17.8 Å². The standard InChI is InChI=1S/C15H24O/c1-10-5-6-11(2)13-7-8-15(4,16)14(13)9-12(10)3/h9-10,13-14,16H,2,5-8H2,1,3-4H3/b12-9-/t10-,13-,14-,15-/m0/s1. The van der Waals surface area contributed by atoms with Gasteiger partial charge in [0.05, 0.1) is 5.60 Å². The Morgan fingerprint density at radius 2 is 2.12 bits per heavy atom. The maximum atomic E-state index is 10.4. The molecule has 0 radical (unpaired) electrons. The summed E-state index contributed by atoms with van der Waals surface area (Å²) in [5, 5.41) is 10.4. The molecule has 16 heavy (non-hydrogen) atoms. The van der Waals surface area contributed by atoms with E-state index < -0.39 is 5.60 Å². The molecule has 1 N–H and O–H groups in total. The molecule has 4 atom stereocenters. The van der Waals surface area contributed by atoms with Gasteiger partial charge in [-0.1, -0.05) is 30.7 Å². The summed E-state index contributed by atoms with van der Waals surface area (Å²) in [5.41, 5.74) is 2.29. The number of rotatable bonds is 0. The molecule has 1 saturated carbocycles. The van der Waals surface area contributed by atoms with Crippen LogP contribution < -0.4 is 0 Å². The lowest BCUT2D eigenvalue weighted by atomic mass is 9.76. The Hall–Kier alpha value is -0.560. The van der Waals surface area contributed by atoms with Crippen molar-refractivity contribution in [1.82, 2.24) is 0 Å². The molecule has 2 aliphatic carbocycles. The minimum atomic E-state index is -0.522. The zero-order valence-electron chi connectivity index (χ0n) is 10.8. The van der Waals surface area contributed by atoms with Gasteiger partial charge in [-0.15, -0.1) is 0 Å². The Balaban J connectivity index is 2.35. The Labute approximate surface area is 99.3 Å². The van der Waals surface area contributed by atoms with Crippen LogP contribution in [-0.4, -0.2) is 10.7 Å². The van der Waals surface area contributed by atoms with Crippen LogP contribution in [0.3, 0.4) is 0 Å². The van der Waals surface area contributed by atoms with Crippen molar-refractivity contribution in [3.63, 3.8) is 0 Å². The van der Waals surface area contributed by atoms with Crippen molar-refractivity contribution in [2.45, 2.75) is 52.1 Å². The number of hydrogen-bond donors (Lipinski definition) is 1. The fraction of sp³-hybridized carbons (Fsp3) is 0.733. The Morgan fingerprint density at radius 1 is 1.44 bits per heavy atom. The van der Waals surface area contributed by atoms with Crippen molar-refractivity contribution in [2.75, 3.05) is 0 Å². The highest BCUT2D eigenvalue weighted by atomic mass is 16.3. The van der Waals surface area contributed by atoms with E-state index in [2.05, 4.69) is 26.5 Å². The fourth-order valence-electron chi connectivity index (χ4n) is 3.24. The molecule has 2 aliphatic rings. The Bertz CT molecular complexity index is 324. The Kier molecular flexibility index (Phi) is 3.00. The lowest BCUT2D eigenvalue weighted by molar-refractivity contribution is 0.0320. The second kappa shape index (κ2) is 4.03. The van der Waals surface area contributed by atoms with Crippen LogP contribution in [0.5, 0.6) is 0 Å². The molecular formula is C15H24O. The van der Waals surface area contributed by atoms with Gasteiger partial charge in [0.1, 0.15) is 0 Å². The summed E-state index contributed by atoms with van der Waals surface area (Å²) < 4.78 is 0. The molecule has 90 valence electrons. The lowest BCUT2D eigenvalue weighted by Gasteiger charge is -2.31. The molecule has 0 aromatic rings. The van der Waals surface area contributed by atoms with Gasteiger partial charge in [-0.3, -0.25) is 0 Å². The van der Waals surface area contributed by atoms with Crippen LogP contribution in [-0.2, 0) is 0 Å². The van der Waals surface area contributed by atoms with Gasteiger partial charge in [-0.05, 0) is 51.4 Å². The number of fused-ring (bicyclic) bond motifs is 1. The molecule has 0 aromatic carbocycles. The van der Waals surface area contributed by atoms with Gasteiger partial charge in [-0.2, -0.15) is 0 Å². The zero-order valence-corrected chi connectivity index (χ0v) is 10.8. The third-order valence-corrected chi connectivity index (χ3v) is 4.76. The average molecular weight is 220 g/mol. The maximum absolute atomic E-state index is 10.4. The first-order chi connectivity index (χ1) is 7.42. The summed E-state index contributed by atoms with van der Waals surface area (Å²) in [6.45, 7) is 10.7. The number of aliphatic hydroxyl groups is 1. The third kappa shape index (κ3) is 1.98. The summed E-state index contributed by atoms with van der Waals surface area (Å²) in [6.07, 6.45) is 6.69. The highest BCUT2D eigenvalue weighted by molar-refractivity contribution is 5.21. The zero-order chi connectivity index (χ0) is 11.9. The van der Waals surface area contributed by atoms with E-state index in [1.807, 2.05) is 6.92 Å². The van der Waals surface area contributed by atoms with E-state index in [-0.39, 0.29) is 0 Å². The first-order valence-corrected chi connectivity index (χ1v) is 6.50. The van der Waals surface area contributed by atoms with E-state index in [0.29, 0.717) is 17.8 Å². The maximum Gasteiger partial charge on any atom is 0.0688 e. The van der Waals surface area contributed by atoms with Crippen molar-refractivity contribution in [3.8, 4) is 0 Å². The molecular weight excluding hydrogens is 196 g/mol. The van der Waals surface area contributed by atoms with Crippen LogP contribution in [0.1, 0.15) is 46.5 Å². The van der Waals surface area contributed by atoms with E-state index in [1.165, 1.54) is 17.6 Å². The minimum absolute atomic E-state index is 0.294. The number of hydrogen-bond acceptors (Lipinski definition) is 1. The molecule has 0 saturated heterocycles. The lowest BCUT2D eigenvalue weighted by Crippen LogP contribution is -2.32. The summed E-state index contributed by atoms with van der Waals surface area (Å²) >= 11 is 0. The van der Waals surface area contributed by atoms with E-state index in [9.17, 15) is 5.11 Å². The van der Waals surface area contributed by atoms with Crippen molar-refractivity contribution < 1.29 is 5.11 Å². The molecule has 0 spiro atoms. The van der Waals surface area contributed by atoms with E-state index in [1.54, 1.807) is 0 Å². The van der Waals surface area contributed by atoms with Crippen LogP contribution in [0, 0.1) is 17.8 Å². The molecule has 0 bridgehead atoms. The second-order valence-electron chi connectivity index (χ2n) is 6.04. The molecule has 0 heterocycles. The van der Waals surface area contributed by atoms with Crippen molar-refractivity contribution >= 4 is 0 Å². The van der Waals surface area contributed by atoms with Gasteiger partial charge < -0.3 is 5.11 Å². The van der Waals surface area contributed by atoms with Crippen molar-refractivity contribution in [3.05, 3.63) is 23.8 Å². The molecule has 0 aliphatic heterocycles. The highest BCUT2D eigenvalue weighted by Crippen LogP contribution is 2.47. The molecule has 1 heteroatoms. The third-order valence-electron chi connectivity index (χ3n) is 4.76. The van der Waals surface area contributed by atoms with Crippen LogP contribution in [0.25, 0.3) is 0 Å². The largest absolute Gasteiger partial charge is 0.390 e. The molecule has 0 unspecified atom stereocenters. The van der Waals surface area contributed by atoms with E-state index in [0.717, 1.165) is 19.3 Å². The van der Waals surface area contributed by atoms with E-state index in [4.69, 9.17) is 0 Å².